The lowest BCUT2D eigenvalue weighted by Gasteiger charge is -2.40. The van der Waals surface area contributed by atoms with E-state index in [4.69, 9.17) is 0 Å². The maximum Gasteiger partial charge on any atom is 0.226 e. The van der Waals surface area contributed by atoms with Gasteiger partial charge in [0, 0.05) is 32.2 Å². The molecule has 1 aliphatic carbocycles. The molecule has 1 N–H and O–H groups in total. The Morgan fingerprint density at radius 2 is 1.68 bits per heavy atom. The highest BCUT2D eigenvalue weighted by Crippen LogP contribution is 2.25. The average molecular weight is 343 g/mol. The number of hydrogen-bond donors (Lipinski definition) is 1. The van der Waals surface area contributed by atoms with Crippen molar-refractivity contribution in [2.45, 2.75) is 58.4 Å². The van der Waals surface area contributed by atoms with Crippen LogP contribution < -0.4 is 0 Å². The van der Waals surface area contributed by atoms with Crippen LogP contribution in [0.3, 0.4) is 0 Å². The standard InChI is InChI=1S/C21H31N2O2/c1-16-14-18(15-17(2)21(16)25)8-9-20(24)23-12-10-22(11-13-23)19-6-4-3-5-7-19/h9,14-15,19,25H,3-8,10-13H2,1-2H3. The van der Waals surface area contributed by atoms with Gasteiger partial charge in [-0.05, 0) is 49.8 Å². The third kappa shape index (κ3) is 4.55. The molecule has 25 heavy (non-hydrogen) atoms. The van der Waals surface area contributed by atoms with E-state index >= 15 is 0 Å². The lowest BCUT2D eigenvalue weighted by molar-refractivity contribution is -0.129. The van der Waals surface area contributed by atoms with Crippen LogP contribution in [0.15, 0.2) is 12.1 Å². The van der Waals surface area contributed by atoms with Crippen LogP contribution in [-0.2, 0) is 11.2 Å². The van der Waals surface area contributed by atoms with Crippen LogP contribution >= 0.6 is 0 Å². The van der Waals surface area contributed by atoms with Crippen molar-refractivity contribution in [1.29, 1.82) is 0 Å². The van der Waals surface area contributed by atoms with Gasteiger partial charge in [-0.15, -0.1) is 0 Å². The molecular formula is C21H31N2O2. The molecule has 0 atom stereocenters. The van der Waals surface area contributed by atoms with E-state index in [9.17, 15) is 9.90 Å². The Labute approximate surface area is 151 Å². The van der Waals surface area contributed by atoms with Gasteiger partial charge < -0.3 is 10.0 Å². The summed E-state index contributed by atoms with van der Waals surface area (Å²) in [5.74, 6) is 0.501. The smallest absolute Gasteiger partial charge is 0.226 e. The van der Waals surface area contributed by atoms with Crippen molar-refractivity contribution < 1.29 is 9.90 Å². The molecule has 0 spiro atoms. The summed E-state index contributed by atoms with van der Waals surface area (Å²) in [6, 6.07) is 4.68. The van der Waals surface area contributed by atoms with E-state index in [0.717, 1.165) is 48.9 Å². The number of phenolic OH excluding ortho intramolecular Hbond substituents is 1. The fourth-order valence-electron chi connectivity index (χ4n) is 4.25. The van der Waals surface area contributed by atoms with Gasteiger partial charge in [-0.1, -0.05) is 31.4 Å². The van der Waals surface area contributed by atoms with E-state index in [-0.39, 0.29) is 5.91 Å². The predicted molar refractivity (Wildman–Crippen MR) is 101 cm³/mol. The largest absolute Gasteiger partial charge is 0.507 e. The summed E-state index contributed by atoms with van der Waals surface area (Å²) in [6.07, 6.45) is 9.20. The molecule has 4 heteroatoms. The molecule has 1 saturated carbocycles. The number of aryl methyl sites for hydroxylation is 2. The summed E-state index contributed by atoms with van der Waals surface area (Å²) in [7, 11) is 0. The second-order valence-electron chi connectivity index (χ2n) is 7.64. The number of carbonyl (C=O) groups is 1. The Kier molecular flexibility index (Phi) is 6.00. The monoisotopic (exact) mass is 343 g/mol. The minimum Gasteiger partial charge on any atom is -0.507 e. The highest BCUT2D eigenvalue weighted by molar-refractivity contribution is 5.85. The number of hydrogen-bond acceptors (Lipinski definition) is 3. The highest BCUT2D eigenvalue weighted by atomic mass is 16.3. The molecule has 1 amide bonds. The molecule has 4 nitrogen and oxygen atoms in total. The van der Waals surface area contributed by atoms with Crippen molar-refractivity contribution in [3.8, 4) is 5.75 Å². The number of phenols is 1. The summed E-state index contributed by atoms with van der Waals surface area (Å²) in [5, 5.41) is 9.85. The SMILES string of the molecule is Cc1cc(C[CH]C(=O)N2CCN(C3CCCCC3)CC2)cc(C)c1O. The molecule has 1 saturated heterocycles. The minimum absolute atomic E-state index is 0.145. The molecule has 2 aliphatic rings. The molecule has 3 rings (SSSR count). The van der Waals surface area contributed by atoms with Gasteiger partial charge in [0.1, 0.15) is 5.75 Å². The number of aromatic hydroxyl groups is 1. The molecule has 0 aromatic heterocycles. The third-order valence-electron chi connectivity index (χ3n) is 5.78. The van der Waals surface area contributed by atoms with E-state index in [0.29, 0.717) is 12.2 Å². The first-order chi connectivity index (χ1) is 12.0. The Bertz CT molecular complexity index is 577. The summed E-state index contributed by atoms with van der Waals surface area (Å²) < 4.78 is 0. The van der Waals surface area contributed by atoms with Crippen LogP contribution in [0.2, 0.25) is 0 Å². The van der Waals surface area contributed by atoms with Crippen LogP contribution in [0.25, 0.3) is 0 Å². The van der Waals surface area contributed by atoms with Crippen LogP contribution in [0.5, 0.6) is 5.75 Å². The van der Waals surface area contributed by atoms with Gasteiger partial charge in [0.25, 0.3) is 0 Å². The molecule has 2 fully saturated rings. The van der Waals surface area contributed by atoms with Crippen molar-refractivity contribution in [3.63, 3.8) is 0 Å². The topological polar surface area (TPSA) is 43.8 Å². The lowest BCUT2D eigenvalue weighted by Crippen LogP contribution is -2.52. The zero-order valence-corrected chi connectivity index (χ0v) is 15.6. The third-order valence-corrected chi connectivity index (χ3v) is 5.78. The van der Waals surface area contributed by atoms with Crippen LogP contribution in [-0.4, -0.2) is 53.0 Å². The number of amides is 1. The van der Waals surface area contributed by atoms with E-state index in [2.05, 4.69) is 4.90 Å². The minimum atomic E-state index is 0.145. The van der Waals surface area contributed by atoms with Gasteiger partial charge in [0.05, 0.1) is 6.42 Å². The van der Waals surface area contributed by atoms with E-state index in [1.807, 2.05) is 30.9 Å². The van der Waals surface area contributed by atoms with Crippen molar-refractivity contribution in [1.82, 2.24) is 9.80 Å². The summed E-state index contributed by atoms with van der Waals surface area (Å²) in [6.45, 7) is 7.53. The second kappa shape index (κ2) is 8.22. The zero-order chi connectivity index (χ0) is 17.8. The molecule has 1 aromatic rings. The zero-order valence-electron chi connectivity index (χ0n) is 15.6. The second-order valence-corrected chi connectivity index (χ2v) is 7.64. The molecule has 0 bridgehead atoms. The number of carbonyl (C=O) groups excluding carboxylic acids is 1. The van der Waals surface area contributed by atoms with Crippen LogP contribution in [0.4, 0.5) is 0 Å². The Morgan fingerprint density at radius 3 is 2.28 bits per heavy atom. The number of benzene rings is 1. The fourth-order valence-corrected chi connectivity index (χ4v) is 4.25. The molecule has 0 unspecified atom stereocenters. The van der Waals surface area contributed by atoms with Crippen molar-refractivity contribution in [2.75, 3.05) is 26.2 Å². The van der Waals surface area contributed by atoms with Crippen LogP contribution in [0.1, 0.15) is 48.8 Å². The molecule has 1 aromatic carbocycles. The van der Waals surface area contributed by atoms with Gasteiger partial charge >= 0.3 is 0 Å². The highest BCUT2D eigenvalue weighted by Gasteiger charge is 2.26. The molecule has 1 heterocycles. The number of rotatable bonds is 4. The fraction of sp³-hybridized carbons (Fsp3) is 0.619. The van der Waals surface area contributed by atoms with Gasteiger partial charge in [-0.25, -0.2) is 0 Å². The lowest BCUT2D eigenvalue weighted by atomic mass is 9.94. The van der Waals surface area contributed by atoms with Crippen molar-refractivity contribution in [3.05, 3.63) is 35.2 Å². The van der Waals surface area contributed by atoms with Crippen LogP contribution in [0, 0.1) is 20.3 Å². The van der Waals surface area contributed by atoms with Gasteiger partial charge in [-0.2, -0.15) is 0 Å². The number of nitrogens with zero attached hydrogens (tertiary/aromatic N) is 2. The van der Waals surface area contributed by atoms with E-state index < -0.39 is 0 Å². The van der Waals surface area contributed by atoms with Gasteiger partial charge in [-0.3, -0.25) is 9.69 Å². The van der Waals surface area contributed by atoms with Gasteiger partial charge in [0.2, 0.25) is 5.91 Å². The average Bonchev–Trinajstić information content (AvgIpc) is 2.65. The normalized spacial score (nSPS) is 20.0. The predicted octanol–water partition coefficient (Wildman–Crippen LogP) is 3.23. The Morgan fingerprint density at radius 1 is 1.08 bits per heavy atom. The Balaban J connectivity index is 1.46. The van der Waals surface area contributed by atoms with Gasteiger partial charge in [0.15, 0.2) is 0 Å². The number of piperazine rings is 1. The maximum atomic E-state index is 12.5. The molecule has 137 valence electrons. The first-order valence-corrected chi connectivity index (χ1v) is 9.70. The molecule has 1 aliphatic heterocycles. The first kappa shape index (κ1) is 18.2. The van der Waals surface area contributed by atoms with Crippen molar-refractivity contribution >= 4 is 5.91 Å². The first-order valence-electron chi connectivity index (χ1n) is 9.70. The molecular weight excluding hydrogens is 312 g/mol. The Hall–Kier alpha value is -1.55. The van der Waals surface area contributed by atoms with Crippen molar-refractivity contribution in [2.24, 2.45) is 0 Å². The summed E-state index contributed by atoms with van der Waals surface area (Å²) in [4.78, 5) is 17.1. The quantitative estimate of drug-likeness (QED) is 0.913. The van der Waals surface area contributed by atoms with E-state index in [1.54, 1.807) is 6.42 Å². The molecule has 1 radical (unpaired) electrons. The summed E-state index contributed by atoms with van der Waals surface area (Å²) >= 11 is 0. The summed E-state index contributed by atoms with van der Waals surface area (Å²) in [5.41, 5.74) is 2.83. The van der Waals surface area contributed by atoms with E-state index in [1.165, 1.54) is 32.1 Å². The maximum absolute atomic E-state index is 12.5.